The fraction of sp³-hybridized carbons (Fsp3) is 0.0769. The number of nitrogens with zero attached hydrogens (tertiary/aromatic N) is 2. The number of nitrogens with one attached hydrogen (secondary N) is 2. The Morgan fingerprint density at radius 2 is 2.09 bits per heavy atom. The number of hydrogen-bond acceptors (Lipinski definition) is 7. The third-order valence-electron chi connectivity index (χ3n) is 2.92. The van der Waals surface area contributed by atoms with E-state index in [0.29, 0.717) is 10.2 Å². The minimum Gasteiger partial charge on any atom is -0.313 e. The van der Waals surface area contributed by atoms with Crippen molar-refractivity contribution in [3.8, 4) is 0 Å². The molecule has 0 spiro atoms. The van der Waals surface area contributed by atoms with Crippen LogP contribution in [0.5, 0.6) is 0 Å². The van der Waals surface area contributed by atoms with Gasteiger partial charge in [-0.2, -0.15) is 0 Å². The number of fused-ring (bicyclic) bond motifs is 1. The van der Waals surface area contributed by atoms with Crippen molar-refractivity contribution in [1.29, 1.82) is 0 Å². The number of carbonyl (C=O) groups excluding carboxylic acids is 1. The third-order valence-corrected chi connectivity index (χ3v) is 4.96. The van der Waals surface area contributed by atoms with Gasteiger partial charge in [0.1, 0.15) is 5.69 Å². The van der Waals surface area contributed by atoms with Crippen LogP contribution in [0.3, 0.4) is 0 Å². The van der Waals surface area contributed by atoms with Crippen LogP contribution in [0.1, 0.15) is 10.5 Å². The molecule has 23 heavy (non-hydrogen) atoms. The Morgan fingerprint density at radius 3 is 2.78 bits per heavy atom. The molecular formula is C13H10N4O4S2. The van der Waals surface area contributed by atoms with Crippen LogP contribution in [-0.4, -0.2) is 35.5 Å². The molecule has 8 nitrogen and oxygen atoms in total. The maximum Gasteiger partial charge on any atom is 0.276 e. The van der Waals surface area contributed by atoms with E-state index in [2.05, 4.69) is 20.3 Å². The Bertz CT molecular complexity index is 1070. The van der Waals surface area contributed by atoms with E-state index in [4.69, 9.17) is 0 Å². The van der Waals surface area contributed by atoms with Crippen LogP contribution in [-0.2, 0) is 9.84 Å². The first-order valence-corrected chi connectivity index (χ1v) is 9.00. The van der Waals surface area contributed by atoms with Crippen LogP contribution in [0.25, 0.3) is 10.2 Å². The number of aromatic amines is 1. The average molecular weight is 350 g/mol. The summed E-state index contributed by atoms with van der Waals surface area (Å²) in [5.74, 6) is -0.571. The van der Waals surface area contributed by atoms with Gasteiger partial charge < -0.3 is 4.98 Å². The van der Waals surface area contributed by atoms with Crippen LogP contribution in [0.15, 0.2) is 40.3 Å². The van der Waals surface area contributed by atoms with Crippen LogP contribution in [0.4, 0.5) is 5.13 Å². The summed E-state index contributed by atoms with van der Waals surface area (Å²) in [5, 5.41) is 2.83. The largest absolute Gasteiger partial charge is 0.313 e. The maximum absolute atomic E-state index is 12.0. The van der Waals surface area contributed by atoms with Crippen LogP contribution >= 0.6 is 11.3 Å². The molecule has 3 aromatic rings. The summed E-state index contributed by atoms with van der Waals surface area (Å²) < 4.78 is 23.7. The van der Waals surface area contributed by atoms with E-state index in [1.807, 2.05) is 0 Å². The number of benzene rings is 1. The number of carbonyl (C=O) groups is 1. The van der Waals surface area contributed by atoms with Crippen molar-refractivity contribution in [2.45, 2.75) is 4.90 Å². The second kappa shape index (κ2) is 5.56. The molecule has 0 atom stereocenters. The van der Waals surface area contributed by atoms with Crippen molar-refractivity contribution in [3.63, 3.8) is 0 Å². The normalized spacial score (nSPS) is 11.5. The molecule has 0 aliphatic heterocycles. The summed E-state index contributed by atoms with van der Waals surface area (Å²) in [4.78, 5) is 33.7. The van der Waals surface area contributed by atoms with Gasteiger partial charge in [-0.1, -0.05) is 11.3 Å². The van der Waals surface area contributed by atoms with Gasteiger partial charge in [0.2, 0.25) is 0 Å². The fourth-order valence-corrected chi connectivity index (χ4v) is 3.46. The predicted octanol–water partition coefficient (Wildman–Crippen LogP) is 1.04. The van der Waals surface area contributed by atoms with Crippen LogP contribution < -0.4 is 10.9 Å². The number of H-pyrrole nitrogens is 1. The zero-order valence-electron chi connectivity index (χ0n) is 11.7. The molecule has 0 aliphatic carbocycles. The molecule has 1 amide bonds. The number of anilines is 1. The number of rotatable bonds is 3. The molecule has 3 rings (SSSR count). The molecule has 2 N–H and O–H groups in total. The summed E-state index contributed by atoms with van der Waals surface area (Å²) in [6.07, 6.45) is 2.25. The van der Waals surface area contributed by atoms with E-state index < -0.39 is 21.3 Å². The van der Waals surface area contributed by atoms with E-state index in [0.717, 1.165) is 30.0 Å². The Kier molecular flexibility index (Phi) is 3.70. The quantitative estimate of drug-likeness (QED) is 0.728. The third kappa shape index (κ3) is 3.27. The van der Waals surface area contributed by atoms with E-state index >= 15 is 0 Å². The predicted molar refractivity (Wildman–Crippen MR) is 85.5 cm³/mol. The maximum atomic E-state index is 12.0. The van der Waals surface area contributed by atoms with E-state index in [1.165, 1.54) is 12.1 Å². The SMILES string of the molecule is CS(=O)(=O)c1ccc2nc(NC(=O)c3cc(=O)[nH]cn3)sc2c1. The standard InChI is InChI=1S/C13H10N4O4S2/c1-23(20,21)7-2-3-8-10(4-7)22-13(16-8)17-12(19)9-5-11(18)15-6-14-9/h2-6H,1H3,(H,14,15,18)(H,16,17,19). The van der Waals surface area contributed by atoms with Crippen molar-refractivity contribution < 1.29 is 13.2 Å². The van der Waals surface area contributed by atoms with Crippen LogP contribution in [0.2, 0.25) is 0 Å². The molecule has 0 radical (unpaired) electrons. The zero-order valence-corrected chi connectivity index (χ0v) is 13.4. The van der Waals surface area contributed by atoms with Gasteiger partial charge in [-0.25, -0.2) is 18.4 Å². The van der Waals surface area contributed by atoms with Gasteiger partial charge in [-0.3, -0.25) is 14.9 Å². The first-order valence-electron chi connectivity index (χ1n) is 6.30. The number of amides is 1. The topological polar surface area (TPSA) is 122 Å². The molecule has 118 valence electrons. The van der Waals surface area contributed by atoms with Gasteiger partial charge in [0.25, 0.3) is 11.5 Å². The van der Waals surface area contributed by atoms with Crippen LogP contribution in [0, 0.1) is 0 Å². The van der Waals surface area contributed by atoms with Gasteiger partial charge >= 0.3 is 0 Å². The molecule has 0 saturated heterocycles. The Hall–Kier alpha value is -2.59. The number of aromatic nitrogens is 3. The molecule has 2 aromatic heterocycles. The minimum atomic E-state index is -3.31. The highest BCUT2D eigenvalue weighted by Crippen LogP contribution is 2.28. The Labute approximate surface area is 134 Å². The Balaban J connectivity index is 1.92. The lowest BCUT2D eigenvalue weighted by molar-refractivity contribution is 0.102. The zero-order chi connectivity index (χ0) is 16.6. The Morgan fingerprint density at radius 1 is 1.30 bits per heavy atom. The summed E-state index contributed by atoms with van der Waals surface area (Å²) in [6, 6.07) is 5.61. The monoisotopic (exact) mass is 350 g/mol. The van der Waals surface area contributed by atoms with E-state index in [9.17, 15) is 18.0 Å². The highest BCUT2D eigenvalue weighted by atomic mass is 32.2. The summed E-state index contributed by atoms with van der Waals surface area (Å²) in [7, 11) is -3.31. The highest BCUT2D eigenvalue weighted by molar-refractivity contribution is 7.90. The lowest BCUT2D eigenvalue weighted by Gasteiger charge is -1.98. The summed E-state index contributed by atoms with van der Waals surface area (Å²) in [5.41, 5.74) is 0.0913. The first kappa shape index (κ1) is 15.3. The van der Waals surface area contributed by atoms with Gasteiger partial charge in [0.15, 0.2) is 15.0 Å². The molecule has 10 heteroatoms. The van der Waals surface area contributed by atoms with Crippen molar-refractivity contribution >= 4 is 42.4 Å². The number of sulfone groups is 1. The first-order chi connectivity index (χ1) is 10.8. The summed E-state index contributed by atoms with van der Waals surface area (Å²) in [6.45, 7) is 0. The van der Waals surface area contributed by atoms with E-state index in [-0.39, 0.29) is 15.7 Å². The van der Waals surface area contributed by atoms with Crippen molar-refractivity contribution in [1.82, 2.24) is 15.0 Å². The smallest absolute Gasteiger partial charge is 0.276 e. The van der Waals surface area contributed by atoms with Gasteiger partial charge in [0.05, 0.1) is 21.4 Å². The van der Waals surface area contributed by atoms with Crippen molar-refractivity contribution in [2.75, 3.05) is 11.6 Å². The fourth-order valence-electron chi connectivity index (χ4n) is 1.84. The average Bonchev–Trinajstić information content (AvgIpc) is 2.87. The number of thiazole rings is 1. The van der Waals surface area contributed by atoms with Crippen molar-refractivity contribution in [2.24, 2.45) is 0 Å². The van der Waals surface area contributed by atoms with Gasteiger partial charge in [-0.15, -0.1) is 0 Å². The highest BCUT2D eigenvalue weighted by Gasteiger charge is 2.13. The van der Waals surface area contributed by atoms with Crippen molar-refractivity contribution in [3.05, 3.63) is 46.6 Å². The van der Waals surface area contributed by atoms with E-state index in [1.54, 1.807) is 6.07 Å². The second-order valence-electron chi connectivity index (χ2n) is 4.67. The molecular weight excluding hydrogens is 340 g/mol. The minimum absolute atomic E-state index is 0.0372. The number of hydrogen-bond donors (Lipinski definition) is 2. The molecule has 1 aromatic carbocycles. The lowest BCUT2D eigenvalue weighted by Crippen LogP contribution is -2.17. The lowest BCUT2D eigenvalue weighted by atomic mass is 10.3. The molecule has 0 fully saturated rings. The molecule has 0 aliphatic rings. The van der Waals surface area contributed by atoms with Gasteiger partial charge in [0, 0.05) is 12.3 Å². The second-order valence-corrected chi connectivity index (χ2v) is 7.72. The van der Waals surface area contributed by atoms with Gasteiger partial charge in [-0.05, 0) is 18.2 Å². The molecule has 2 heterocycles. The molecule has 0 bridgehead atoms. The summed E-state index contributed by atoms with van der Waals surface area (Å²) >= 11 is 1.13. The molecule has 0 unspecified atom stereocenters. The molecule has 0 saturated carbocycles.